The highest BCUT2D eigenvalue weighted by Crippen LogP contribution is 2.20. The van der Waals surface area contributed by atoms with Crippen molar-refractivity contribution in [2.24, 2.45) is 0 Å². The fraction of sp³-hybridized carbons (Fsp3) is 0.500. The van der Waals surface area contributed by atoms with Gasteiger partial charge in [0, 0.05) is 0 Å². The molecular formula is C14H18F3NO3. The number of carbonyl (C=O) groups excluding carboxylic acids is 1. The lowest BCUT2D eigenvalue weighted by Gasteiger charge is -2.17. The summed E-state index contributed by atoms with van der Waals surface area (Å²) in [6.07, 6.45) is -5.65. The number of benzene rings is 1. The van der Waals surface area contributed by atoms with Gasteiger partial charge in [-0.3, -0.25) is 0 Å². The lowest BCUT2D eigenvalue weighted by Crippen LogP contribution is -2.30. The summed E-state index contributed by atoms with van der Waals surface area (Å²) in [5.41, 5.74) is 0.706. The fourth-order valence-electron chi connectivity index (χ4n) is 1.58. The monoisotopic (exact) mass is 305 g/mol. The normalized spacial score (nSPS) is 12.9. The molecule has 0 aliphatic carbocycles. The molecule has 0 aliphatic heterocycles. The van der Waals surface area contributed by atoms with Crippen LogP contribution >= 0.6 is 0 Å². The van der Waals surface area contributed by atoms with Gasteiger partial charge in [-0.15, -0.1) is 0 Å². The number of alkyl carbamates (subject to hydrolysis) is 1. The van der Waals surface area contributed by atoms with Crippen molar-refractivity contribution in [1.82, 2.24) is 5.32 Å². The third-order valence-electron chi connectivity index (χ3n) is 2.43. The number of ether oxygens (including phenoxy) is 2. The van der Waals surface area contributed by atoms with Crippen molar-refractivity contribution >= 4 is 6.09 Å². The Labute approximate surface area is 121 Å². The Morgan fingerprint density at radius 2 is 1.95 bits per heavy atom. The average molecular weight is 305 g/mol. The van der Waals surface area contributed by atoms with Crippen LogP contribution in [0.1, 0.15) is 32.4 Å². The number of nitrogens with one attached hydrogen (secondary N) is 1. The van der Waals surface area contributed by atoms with E-state index in [0.717, 1.165) is 0 Å². The molecule has 1 rings (SSSR count). The Morgan fingerprint density at radius 1 is 1.29 bits per heavy atom. The van der Waals surface area contributed by atoms with Gasteiger partial charge in [0.15, 0.2) is 6.61 Å². The lowest BCUT2D eigenvalue weighted by molar-refractivity contribution is -0.160. The highest BCUT2D eigenvalue weighted by Gasteiger charge is 2.29. The third-order valence-corrected chi connectivity index (χ3v) is 2.43. The first-order chi connectivity index (χ1) is 9.67. The highest BCUT2D eigenvalue weighted by atomic mass is 19.4. The van der Waals surface area contributed by atoms with Gasteiger partial charge >= 0.3 is 12.3 Å². The van der Waals surface area contributed by atoms with Gasteiger partial charge in [0.05, 0.1) is 12.1 Å². The van der Waals surface area contributed by atoms with Crippen molar-refractivity contribution in [3.05, 3.63) is 29.8 Å². The van der Waals surface area contributed by atoms with Crippen LogP contribution in [-0.2, 0) is 4.74 Å². The first-order valence-corrected chi connectivity index (χ1v) is 6.44. The molecule has 1 unspecified atom stereocenters. The van der Waals surface area contributed by atoms with Crippen molar-refractivity contribution < 1.29 is 27.4 Å². The molecule has 1 atom stereocenters. The summed E-state index contributed by atoms with van der Waals surface area (Å²) in [6, 6.07) is 6.46. The maximum Gasteiger partial charge on any atom is 0.422 e. The van der Waals surface area contributed by atoms with Crippen LogP contribution in [0.3, 0.4) is 0 Å². The Kier molecular flexibility index (Phi) is 5.87. The van der Waals surface area contributed by atoms with Crippen molar-refractivity contribution in [1.29, 1.82) is 0 Å². The van der Waals surface area contributed by atoms with Gasteiger partial charge < -0.3 is 14.8 Å². The molecule has 0 aliphatic rings. The molecule has 0 radical (unpaired) electrons. The second kappa shape index (κ2) is 7.19. The molecule has 118 valence electrons. The van der Waals surface area contributed by atoms with Crippen LogP contribution < -0.4 is 10.1 Å². The number of carbonyl (C=O) groups is 1. The largest absolute Gasteiger partial charge is 0.491 e. The van der Waals surface area contributed by atoms with Gasteiger partial charge in [0.25, 0.3) is 0 Å². The molecule has 0 saturated carbocycles. The van der Waals surface area contributed by atoms with E-state index in [1.54, 1.807) is 31.2 Å². The minimum atomic E-state index is -4.54. The Balaban J connectivity index is 2.58. The zero-order chi connectivity index (χ0) is 16.0. The van der Waals surface area contributed by atoms with E-state index in [0.29, 0.717) is 11.3 Å². The SMILES string of the molecule is CC(C)Oc1cccc(C(C)NC(=O)OCC(F)(F)F)c1. The van der Waals surface area contributed by atoms with Crippen LogP contribution in [0.5, 0.6) is 5.75 Å². The van der Waals surface area contributed by atoms with Gasteiger partial charge in [-0.1, -0.05) is 12.1 Å². The van der Waals surface area contributed by atoms with Crippen LogP contribution in [0.25, 0.3) is 0 Å². The van der Waals surface area contributed by atoms with E-state index in [1.807, 2.05) is 13.8 Å². The maximum absolute atomic E-state index is 11.9. The quantitative estimate of drug-likeness (QED) is 0.899. The first-order valence-electron chi connectivity index (χ1n) is 6.44. The Hall–Kier alpha value is -1.92. The molecule has 1 aromatic rings. The molecule has 0 spiro atoms. The third kappa shape index (κ3) is 6.87. The molecule has 4 nitrogen and oxygen atoms in total. The molecule has 0 saturated heterocycles. The van der Waals surface area contributed by atoms with Crippen molar-refractivity contribution in [3.63, 3.8) is 0 Å². The van der Waals surface area contributed by atoms with E-state index >= 15 is 0 Å². The summed E-state index contributed by atoms with van der Waals surface area (Å²) < 4.78 is 45.4. The number of hydrogen-bond donors (Lipinski definition) is 1. The molecule has 0 fully saturated rings. The van der Waals surface area contributed by atoms with Crippen molar-refractivity contribution in [2.75, 3.05) is 6.61 Å². The summed E-state index contributed by atoms with van der Waals surface area (Å²) in [7, 11) is 0. The molecule has 1 aromatic carbocycles. The molecule has 0 bridgehead atoms. The van der Waals surface area contributed by atoms with Crippen molar-refractivity contribution in [3.8, 4) is 5.75 Å². The van der Waals surface area contributed by atoms with E-state index in [4.69, 9.17) is 4.74 Å². The van der Waals surface area contributed by atoms with Gasteiger partial charge in [-0.2, -0.15) is 13.2 Å². The standard InChI is InChI=1S/C14H18F3NO3/c1-9(2)21-12-6-4-5-11(7-12)10(3)18-13(19)20-8-14(15,16)17/h4-7,9-10H,8H2,1-3H3,(H,18,19). The second-order valence-corrected chi connectivity index (χ2v) is 4.80. The zero-order valence-electron chi connectivity index (χ0n) is 12.0. The Bertz CT molecular complexity index is 475. The molecule has 0 aromatic heterocycles. The summed E-state index contributed by atoms with van der Waals surface area (Å²) >= 11 is 0. The summed E-state index contributed by atoms with van der Waals surface area (Å²) in [5.74, 6) is 0.625. The average Bonchev–Trinajstić information content (AvgIpc) is 2.35. The predicted octanol–water partition coefficient (Wildman–Crippen LogP) is 3.82. The maximum atomic E-state index is 11.9. The molecule has 1 N–H and O–H groups in total. The minimum absolute atomic E-state index is 0.000246. The minimum Gasteiger partial charge on any atom is -0.491 e. The lowest BCUT2D eigenvalue weighted by atomic mass is 10.1. The molecular weight excluding hydrogens is 287 g/mol. The van der Waals surface area contributed by atoms with Crippen LogP contribution in [-0.4, -0.2) is 25.0 Å². The van der Waals surface area contributed by atoms with Gasteiger partial charge in [0.1, 0.15) is 5.75 Å². The summed E-state index contributed by atoms with van der Waals surface area (Å²) in [4.78, 5) is 11.3. The van der Waals surface area contributed by atoms with Crippen LogP contribution in [0.15, 0.2) is 24.3 Å². The molecule has 0 heterocycles. The second-order valence-electron chi connectivity index (χ2n) is 4.80. The molecule has 21 heavy (non-hydrogen) atoms. The number of halogens is 3. The fourth-order valence-corrected chi connectivity index (χ4v) is 1.58. The Morgan fingerprint density at radius 3 is 2.52 bits per heavy atom. The summed E-state index contributed by atoms with van der Waals surface area (Å²) in [5, 5.41) is 2.33. The van der Waals surface area contributed by atoms with Crippen LogP contribution in [0.4, 0.5) is 18.0 Å². The highest BCUT2D eigenvalue weighted by molar-refractivity contribution is 5.67. The van der Waals surface area contributed by atoms with Crippen LogP contribution in [0.2, 0.25) is 0 Å². The number of hydrogen-bond acceptors (Lipinski definition) is 3. The molecule has 7 heteroatoms. The van der Waals surface area contributed by atoms with Gasteiger partial charge in [-0.05, 0) is 38.5 Å². The van der Waals surface area contributed by atoms with E-state index in [2.05, 4.69) is 10.1 Å². The zero-order valence-corrected chi connectivity index (χ0v) is 12.0. The van der Waals surface area contributed by atoms with Crippen LogP contribution in [0, 0.1) is 0 Å². The van der Waals surface area contributed by atoms with E-state index < -0.39 is 24.9 Å². The first kappa shape index (κ1) is 17.1. The summed E-state index contributed by atoms with van der Waals surface area (Å²) in [6.45, 7) is 3.79. The predicted molar refractivity (Wildman–Crippen MR) is 71.2 cm³/mol. The number of alkyl halides is 3. The van der Waals surface area contributed by atoms with Gasteiger partial charge in [-0.25, -0.2) is 4.79 Å². The number of amides is 1. The van der Waals surface area contributed by atoms with E-state index in [-0.39, 0.29) is 6.10 Å². The smallest absolute Gasteiger partial charge is 0.422 e. The van der Waals surface area contributed by atoms with E-state index in [9.17, 15) is 18.0 Å². The van der Waals surface area contributed by atoms with Gasteiger partial charge in [0.2, 0.25) is 0 Å². The topological polar surface area (TPSA) is 47.6 Å². The van der Waals surface area contributed by atoms with E-state index in [1.165, 1.54) is 0 Å². The number of rotatable bonds is 5. The van der Waals surface area contributed by atoms with Crippen molar-refractivity contribution in [2.45, 2.75) is 39.1 Å². The molecule has 1 amide bonds.